The van der Waals surface area contributed by atoms with Crippen LogP contribution in [0.15, 0.2) is 84.5 Å². The van der Waals surface area contributed by atoms with E-state index in [1.54, 1.807) is 0 Å². The summed E-state index contributed by atoms with van der Waals surface area (Å²) in [5, 5.41) is 0. The van der Waals surface area contributed by atoms with Crippen LogP contribution in [-0.2, 0) is 64.7 Å². The zero-order chi connectivity index (χ0) is 48.6. The molecule has 0 nitrogen and oxygen atoms in total. The van der Waals surface area contributed by atoms with E-state index in [-0.39, 0.29) is 57.6 Å². The number of allylic oxidation sites excluding steroid dienone is 4. The Bertz CT molecular complexity index is 2220. The molecule has 4 aromatic carbocycles. The van der Waals surface area contributed by atoms with Crippen molar-refractivity contribution < 1.29 is 75.4 Å². The number of alkyl halides is 6. The second-order valence-corrected chi connectivity index (χ2v) is 23.9. The van der Waals surface area contributed by atoms with Gasteiger partial charge in [0.2, 0.25) is 0 Å². The van der Waals surface area contributed by atoms with E-state index < -0.39 is 23.5 Å². The molecule has 1 atom stereocenters. The summed E-state index contributed by atoms with van der Waals surface area (Å²) in [5.41, 5.74) is 12.6. The Morgan fingerprint density at radius 2 is 1.05 bits per heavy atom. The second kappa shape index (κ2) is 21.9. The molecule has 0 saturated heterocycles. The quantitative estimate of drug-likeness (QED) is 0.122. The topological polar surface area (TPSA) is 0 Å². The monoisotopic (exact) mass is 1030 g/mol. The van der Waals surface area contributed by atoms with Crippen molar-refractivity contribution in [1.82, 2.24) is 0 Å². The van der Waals surface area contributed by atoms with Crippen molar-refractivity contribution in [2.24, 2.45) is 11.3 Å². The van der Waals surface area contributed by atoms with Gasteiger partial charge in [0, 0.05) is 0 Å². The normalized spacial score (nSPS) is 15.0. The average Bonchev–Trinajstić information content (AvgIpc) is 3.79. The van der Waals surface area contributed by atoms with E-state index in [2.05, 4.69) is 153 Å². The molecular weight excluding hydrogens is 961 g/mol. The smallest absolute Gasteiger partial charge is 1.00 e. The molecule has 6 rings (SSSR count). The van der Waals surface area contributed by atoms with Crippen molar-refractivity contribution in [2.45, 2.75) is 170 Å². The Balaban J connectivity index is 0.000000359. The number of benzene rings is 4. The van der Waals surface area contributed by atoms with Crippen LogP contribution in [-0.4, -0.2) is 3.21 Å². The number of unbranched alkanes of at least 4 members (excludes halogenated alkanes) is 1. The van der Waals surface area contributed by atoms with Gasteiger partial charge in [-0.15, -0.1) is 16.7 Å². The van der Waals surface area contributed by atoms with Crippen molar-refractivity contribution in [3.05, 3.63) is 152 Å². The maximum absolute atomic E-state index is 12.7. The molecule has 4 aromatic rings. The zero-order valence-electron chi connectivity index (χ0n) is 41.9. The minimum absolute atomic E-state index is 0. The molecule has 0 amide bonds. The third-order valence-electron chi connectivity index (χ3n) is 11.8. The summed E-state index contributed by atoms with van der Waals surface area (Å²) in [5.74, 6) is 0.592. The van der Waals surface area contributed by atoms with Crippen LogP contribution in [0.1, 0.15) is 186 Å². The van der Waals surface area contributed by atoms with E-state index in [1.807, 2.05) is 0 Å². The van der Waals surface area contributed by atoms with Crippen LogP contribution in [0.5, 0.6) is 0 Å². The molecule has 2 aliphatic carbocycles. The van der Waals surface area contributed by atoms with Crippen LogP contribution in [0.2, 0.25) is 0 Å². The van der Waals surface area contributed by atoms with Crippen molar-refractivity contribution in [1.29, 1.82) is 0 Å². The SMILES string of the molecule is CC(C)(C)c1[c-]c2c(cc1C(C)(C)C)-c1cc(C(C)(C)C)c(C(C)(C)C)cc1C2.CCCCC1[C-]=CC(C(C)(C)C)=C1.FC(F)(F)c1cccc([C](=[Zr+2])c2cccc(C(F)(F)F)c2)c1.[Cl-].[Cl-]. The van der Waals surface area contributed by atoms with Crippen molar-refractivity contribution in [3.63, 3.8) is 0 Å². The number of hydrogen-bond donors (Lipinski definition) is 0. The van der Waals surface area contributed by atoms with Gasteiger partial charge in [-0.3, -0.25) is 6.08 Å². The van der Waals surface area contributed by atoms with E-state index in [9.17, 15) is 26.3 Å². The summed E-state index contributed by atoms with van der Waals surface area (Å²) in [6.45, 7) is 37.0. The van der Waals surface area contributed by atoms with E-state index in [0.29, 0.717) is 14.5 Å². The summed E-state index contributed by atoms with van der Waals surface area (Å²) in [6, 6.07) is 20.6. The third-order valence-corrected chi connectivity index (χ3v) is 13.2. The van der Waals surface area contributed by atoms with Gasteiger partial charge in [-0.05, 0) is 39.4 Å². The summed E-state index contributed by atoms with van der Waals surface area (Å²) in [7, 11) is 0. The van der Waals surface area contributed by atoms with Gasteiger partial charge in [-0.1, -0.05) is 164 Å². The molecule has 0 bridgehead atoms. The van der Waals surface area contributed by atoms with Crippen LogP contribution in [0.3, 0.4) is 0 Å². The molecule has 2 aliphatic rings. The van der Waals surface area contributed by atoms with Crippen LogP contribution in [0.4, 0.5) is 26.3 Å². The van der Waals surface area contributed by atoms with Gasteiger partial charge in [0.05, 0.1) is 0 Å². The standard InChI is InChI=1S/C29H41.C15H8F6.C13H21.2ClH.Zr/c1-26(2,3)22-14-18-13-19-15-23(27(4,5)6)25(29(10,11)12)17-21(19)20(18)16-24(22)28(7,8)9;16-14(17,18)12-5-1-3-10(8-12)7-11-4-2-6-13(9-11)15(19,20)21;1-5-6-7-11-8-9-12(10-11)13(2,3)4;;;/h14,16-17H,13H2,1-12H3;1-6,8-9H;9-11H,5-7H2,1-4H3;2*1H;/q-1;;-1;;;+2/p-2. The Kier molecular flexibility index (Phi) is 19.7. The third kappa shape index (κ3) is 15.4. The first kappa shape index (κ1) is 59.4. The van der Waals surface area contributed by atoms with Crippen LogP contribution >= 0.6 is 0 Å². The van der Waals surface area contributed by atoms with Gasteiger partial charge in [0.15, 0.2) is 0 Å². The number of halogens is 8. The molecule has 0 radical (unpaired) electrons. The van der Waals surface area contributed by atoms with E-state index in [1.165, 1.54) is 93.6 Å². The fourth-order valence-electron chi connectivity index (χ4n) is 8.06. The van der Waals surface area contributed by atoms with Gasteiger partial charge in [-0.2, -0.15) is 29.3 Å². The first-order valence-corrected chi connectivity index (χ1v) is 23.8. The number of hydrogen-bond acceptors (Lipinski definition) is 0. The Labute approximate surface area is 421 Å². The van der Waals surface area contributed by atoms with E-state index in [0.717, 1.165) is 54.9 Å². The minimum atomic E-state index is -4.49. The molecular formula is C57H70Cl2F6Zr-2. The molecule has 9 heteroatoms. The molecule has 1 unspecified atom stereocenters. The van der Waals surface area contributed by atoms with Crippen LogP contribution in [0.25, 0.3) is 11.1 Å². The second-order valence-electron chi connectivity index (χ2n) is 22.6. The van der Waals surface area contributed by atoms with Crippen molar-refractivity contribution in [2.75, 3.05) is 0 Å². The molecule has 0 heterocycles. The molecule has 360 valence electrons. The Morgan fingerprint density at radius 3 is 1.44 bits per heavy atom. The van der Waals surface area contributed by atoms with Gasteiger partial charge in [-0.25, -0.2) is 6.08 Å². The first-order valence-electron chi connectivity index (χ1n) is 22.6. The van der Waals surface area contributed by atoms with Gasteiger partial charge in [0.1, 0.15) is 0 Å². The number of fused-ring (bicyclic) bond motifs is 3. The van der Waals surface area contributed by atoms with Gasteiger partial charge >= 0.3 is 137 Å². The van der Waals surface area contributed by atoms with Crippen molar-refractivity contribution >= 4 is 3.21 Å². The van der Waals surface area contributed by atoms with Gasteiger partial charge < -0.3 is 24.8 Å². The molecule has 0 aromatic heterocycles. The van der Waals surface area contributed by atoms with E-state index >= 15 is 0 Å². The summed E-state index contributed by atoms with van der Waals surface area (Å²) >= 11 is 0.729. The number of rotatable bonds is 5. The largest absolute Gasteiger partial charge is 1.00 e. The molecule has 0 aliphatic heterocycles. The van der Waals surface area contributed by atoms with Crippen molar-refractivity contribution in [3.8, 4) is 11.1 Å². The van der Waals surface area contributed by atoms with Crippen LogP contribution in [0, 0.1) is 23.5 Å². The summed E-state index contributed by atoms with van der Waals surface area (Å²) in [6.07, 6.45) is 3.91. The molecule has 0 fully saturated rings. The zero-order valence-corrected chi connectivity index (χ0v) is 45.9. The fraction of sp³-hybridized carbons (Fsp3) is 0.491. The fourth-order valence-corrected chi connectivity index (χ4v) is 8.83. The molecule has 0 saturated carbocycles. The Hall–Kier alpha value is -2.73. The predicted molar refractivity (Wildman–Crippen MR) is 253 cm³/mol. The Morgan fingerprint density at radius 1 is 0.591 bits per heavy atom. The summed E-state index contributed by atoms with van der Waals surface area (Å²) < 4.78 is 76.7. The summed E-state index contributed by atoms with van der Waals surface area (Å²) in [4.78, 5) is 0. The predicted octanol–water partition coefficient (Wildman–Crippen LogP) is 11.2. The molecule has 0 N–H and O–H groups in total. The maximum atomic E-state index is 12.7. The maximum Gasteiger partial charge on any atom is -1.00 e. The first-order chi connectivity index (χ1) is 29.0. The van der Waals surface area contributed by atoms with Crippen LogP contribution < -0.4 is 24.8 Å². The molecule has 66 heavy (non-hydrogen) atoms. The minimum Gasteiger partial charge on any atom is -1.00 e. The molecule has 0 spiro atoms. The van der Waals surface area contributed by atoms with Gasteiger partial charge in [0.25, 0.3) is 0 Å². The van der Waals surface area contributed by atoms with E-state index in [4.69, 9.17) is 0 Å². The average molecular weight is 1030 g/mol.